The molecule has 2 rings (SSSR count). The number of hydrogen-bond acceptors (Lipinski definition) is 4. The summed E-state index contributed by atoms with van der Waals surface area (Å²) in [5.74, 6) is -1.35. The normalized spacial score (nSPS) is 26.0. The Balaban J connectivity index is 2.12. The average Bonchev–Trinajstić information content (AvgIpc) is 2.55. The summed E-state index contributed by atoms with van der Waals surface area (Å²) in [4.78, 5) is 2.91. The third-order valence-electron chi connectivity index (χ3n) is 5.56. The lowest BCUT2D eigenvalue weighted by Gasteiger charge is -2.44. The topological polar surface area (TPSA) is 76.5 Å². The van der Waals surface area contributed by atoms with Gasteiger partial charge in [0.25, 0.3) is 0 Å². The van der Waals surface area contributed by atoms with Gasteiger partial charge in [-0.3, -0.25) is 0 Å². The zero-order valence-corrected chi connectivity index (χ0v) is 18.3. The Labute approximate surface area is 165 Å². The molecular weight excluding hydrogens is 384 g/mol. The molecule has 0 amide bonds. The first-order valence-corrected chi connectivity index (χ1v) is 12.3. The third-order valence-corrected chi connectivity index (χ3v) is 10.0. The Morgan fingerprint density at radius 1 is 1.29 bits per heavy atom. The predicted octanol–water partition coefficient (Wildman–Crippen LogP) is 5.69. The maximum Gasteiger partial charge on any atom is 0.195 e. The van der Waals surface area contributed by atoms with Crippen LogP contribution in [-0.2, 0) is 20.5 Å². The van der Waals surface area contributed by atoms with Crippen LogP contribution in [0.15, 0.2) is 23.3 Å². The number of halogens is 2. The molecule has 0 N–H and O–H groups in total. The standard InChI is InChI=1S/C19H29F2N3O3Si/c1-12-18(25-11-13-14(20)8-7-9-15(13)21)16(23-24-22)10-17(26-12)27-28(5,6)19(2,3)4/h7-9,12,16-18H,10-11H2,1-6H3/t12-,16-,17+,18+/m0/s1. The van der Waals surface area contributed by atoms with Crippen LogP contribution in [0.1, 0.15) is 39.7 Å². The minimum atomic E-state index is -2.08. The van der Waals surface area contributed by atoms with E-state index >= 15 is 0 Å². The highest BCUT2D eigenvalue weighted by Gasteiger charge is 2.44. The number of rotatable bonds is 6. The largest absolute Gasteiger partial charge is 0.392 e. The molecule has 0 saturated carbocycles. The van der Waals surface area contributed by atoms with Gasteiger partial charge in [-0.15, -0.1) is 0 Å². The van der Waals surface area contributed by atoms with Gasteiger partial charge in [-0.25, -0.2) is 8.78 Å². The first-order chi connectivity index (χ1) is 13.0. The van der Waals surface area contributed by atoms with E-state index in [9.17, 15) is 8.78 Å². The molecule has 1 aliphatic heterocycles. The van der Waals surface area contributed by atoms with E-state index < -0.39 is 44.5 Å². The lowest BCUT2D eigenvalue weighted by atomic mass is 10.00. The quantitative estimate of drug-likeness (QED) is 0.260. The Bertz CT molecular complexity index is 715. The van der Waals surface area contributed by atoms with Crippen molar-refractivity contribution >= 4 is 8.32 Å². The monoisotopic (exact) mass is 413 g/mol. The van der Waals surface area contributed by atoms with Crippen molar-refractivity contribution in [1.82, 2.24) is 0 Å². The summed E-state index contributed by atoms with van der Waals surface area (Å²) in [6.07, 6.45) is -1.29. The lowest BCUT2D eigenvalue weighted by Crippen LogP contribution is -2.52. The van der Waals surface area contributed by atoms with Crippen LogP contribution in [-0.4, -0.2) is 32.9 Å². The highest BCUT2D eigenvalue weighted by molar-refractivity contribution is 6.74. The number of benzene rings is 1. The molecular formula is C19H29F2N3O3Si. The summed E-state index contributed by atoms with van der Waals surface area (Å²) >= 11 is 0. The average molecular weight is 414 g/mol. The number of nitrogens with zero attached hydrogens (tertiary/aromatic N) is 3. The molecule has 9 heteroatoms. The van der Waals surface area contributed by atoms with Crippen molar-refractivity contribution in [2.45, 2.75) is 83.4 Å². The minimum absolute atomic E-state index is 0.00328. The maximum absolute atomic E-state index is 13.9. The van der Waals surface area contributed by atoms with Gasteiger partial charge in [-0.1, -0.05) is 32.0 Å². The van der Waals surface area contributed by atoms with Gasteiger partial charge in [0.1, 0.15) is 17.9 Å². The highest BCUT2D eigenvalue weighted by atomic mass is 28.4. The summed E-state index contributed by atoms with van der Waals surface area (Å²) in [5, 5.41) is 3.84. The molecule has 1 saturated heterocycles. The van der Waals surface area contributed by atoms with Crippen LogP contribution < -0.4 is 0 Å². The van der Waals surface area contributed by atoms with Crippen molar-refractivity contribution in [3.63, 3.8) is 0 Å². The van der Waals surface area contributed by atoms with Gasteiger partial charge in [0, 0.05) is 16.9 Å². The van der Waals surface area contributed by atoms with Crippen molar-refractivity contribution < 1.29 is 22.7 Å². The van der Waals surface area contributed by atoms with E-state index in [1.54, 1.807) is 6.92 Å². The van der Waals surface area contributed by atoms with Crippen LogP contribution >= 0.6 is 0 Å². The maximum atomic E-state index is 13.9. The van der Waals surface area contributed by atoms with Gasteiger partial charge in [-0.05, 0) is 42.7 Å². The lowest BCUT2D eigenvalue weighted by molar-refractivity contribution is -0.205. The van der Waals surface area contributed by atoms with E-state index in [2.05, 4.69) is 43.9 Å². The molecule has 1 aliphatic rings. The molecule has 4 atom stereocenters. The minimum Gasteiger partial charge on any atom is -0.392 e. The molecule has 156 valence electrons. The molecule has 0 unspecified atom stereocenters. The summed E-state index contributed by atoms with van der Waals surface area (Å²) in [6, 6.07) is 3.09. The molecule has 6 nitrogen and oxygen atoms in total. The number of azide groups is 1. The summed E-state index contributed by atoms with van der Waals surface area (Å²) in [7, 11) is -2.08. The fourth-order valence-corrected chi connectivity index (χ4v) is 4.04. The molecule has 0 aliphatic carbocycles. The van der Waals surface area contributed by atoms with Gasteiger partial charge >= 0.3 is 0 Å². The van der Waals surface area contributed by atoms with E-state index in [0.717, 1.165) is 0 Å². The second-order valence-electron chi connectivity index (χ2n) is 8.63. The van der Waals surface area contributed by atoms with Gasteiger partial charge < -0.3 is 13.9 Å². The van der Waals surface area contributed by atoms with E-state index in [1.807, 2.05) is 0 Å². The van der Waals surface area contributed by atoms with Crippen LogP contribution in [0, 0.1) is 11.6 Å². The van der Waals surface area contributed by atoms with Crippen LogP contribution in [0.4, 0.5) is 8.78 Å². The highest BCUT2D eigenvalue weighted by Crippen LogP contribution is 2.39. The third kappa shape index (κ3) is 5.30. The van der Waals surface area contributed by atoms with Crippen molar-refractivity contribution in [3.05, 3.63) is 45.8 Å². The Morgan fingerprint density at radius 3 is 2.43 bits per heavy atom. The second kappa shape index (κ2) is 8.88. The molecule has 0 spiro atoms. The predicted molar refractivity (Wildman–Crippen MR) is 105 cm³/mol. The Hall–Kier alpha value is -1.51. The zero-order chi connectivity index (χ0) is 21.1. The SMILES string of the molecule is C[C@@H]1O[C@H](O[Si](C)(C)C(C)(C)C)C[C@H](N=[N+]=[N-])[C@@H]1OCc1c(F)cccc1F. The Kier molecular flexibility index (Phi) is 7.22. The molecule has 1 fully saturated rings. The van der Waals surface area contributed by atoms with E-state index in [-0.39, 0.29) is 17.2 Å². The fraction of sp³-hybridized carbons (Fsp3) is 0.684. The van der Waals surface area contributed by atoms with Crippen LogP contribution in [0.2, 0.25) is 18.1 Å². The van der Waals surface area contributed by atoms with Crippen LogP contribution in [0.5, 0.6) is 0 Å². The number of hydrogen-bond donors (Lipinski definition) is 0. The summed E-state index contributed by atoms with van der Waals surface area (Å²) in [6.45, 7) is 12.1. The molecule has 28 heavy (non-hydrogen) atoms. The van der Waals surface area contributed by atoms with Gasteiger partial charge in [-0.2, -0.15) is 0 Å². The van der Waals surface area contributed by atoms with Gasteiger partial charge in [0.05, 0.1) is 24.9 Å². The molecule has 0 radical (unpaired) electrons. The van der Waals surface area contributed by atoms with E-state index in [0.29, 0.717) is 6.42 Å². The molecule has 1 aromatic carbocycles. The summed E-state index contributed by atoms with van der Waals surface area (Å²) in [5.41, 5.74) is 8.80. The zero-order valence-electron chi connectivity index (χ0n) is 17.3. The van der Waals surface area contributed by atoms with Gasteiger partial charge in [0.15, 0.2) is 8.32 Å². The van der Waals surface area contributed by atoms with Crippen LogP contribution in [0.25, 0.3) is 10.4 Å². The van der Waals surface area contributed by atoms with Crippen molar-refractivity contribution in [2.75, 3.05) is 0 Å². The van der Waals surface area contributed by atoms with Crippen molar-refractivity contribution in [3.8, 4) is 0 Å². The first-order valence-electron chi connectivity index (χ1n) is 9.38. The molecule has 0 bridgehead atoms. The van der Waals surface area contributed by atoms with Crippen LogP contribution in [0.3, 0.4) is 0 Å². The second-order valence-corrected chi connectivity index (χ2v) is 13.4. The number of ether oxygens (including phenoxy) is 2. The summed E-state index contributed by atoms with van der Waals surface area (Å²) < 4.78 is 45.7. The smallest absolute Gasteiger partial charge is 0.195 e. The van der Waals surface area contributed by atoms with Gasteiger partial charge in [0.2, 0.25) is 0 Å². The van der Waals surface area contributed by atoms with Crippen molar-refractivity contribution in [1.29, 1.82) is 0 Å². The molecule has 0 aromatic heterocycles. The molecule has 1 heterocycles. The van der Waals surface area contributed by atoms with E-state index in [1.165, 1.54) is 18.2 Å². The van der Waals surface area contributed by atoms with E-state index in [4.69, 9.17) is 19.4 Å². The Morgan fingerprint density at radius 2 is 1.89 bits per heavy atom. The van der Waals surface area contributed by atoms with Crippen molar-refractivity contribution in [2.24, 2.45) is 5.11 Å². The molecule has 1 aromatic rings. The fourth-order valence-electron chi connectivity index (χ4n) is 2.87. The first kappa shape index (κ1) is 22.8.